The molecule has 136 valence electrons. The minimum Gasteiger partial charge on any atom is -0.480 e. The van der Waals surface area contributed by atoms with Crippen LogP contribution in [0.15, 0.2) is 65.7 Å². The minimum atomic E-state index is -0.443. The molecule has 0 radical (unpaired) electrons. The van der Waals surface area contributed by atoms with E-state index in [-0.39, 0.29) is 18.0 Å². The smallest absolute Gasteiger partial charge is 0.249 e. The number of ether oxygens (including phenoxy) is 1. The summed E-state index contributed by atoms with van der Waals surface area (Å²) in [6.07, 6.45) is 0.584. The summed E-state index contributed by atoms with van der Waals surface area (Å²) in [6.45, 7) is 6.55. The second kappa shape index (κ2) is 8.17. The van der Waals surface area contributed by atoms with Crippen LogP contribution in [0.5, 0.6) is 0 Å². The van der Waals surface area contributed by atoms with Crippen LogP contribution in [0, 0.1) is 0 Å². The average Bonchev–Trinajstić information content (AvgIpc) is 2.67. The molecule has 2 aromatic carbocycles. The third-order valence-corrected chi connectivity index (χ3v) is 4.86. The number of rotatable bonds is 5. The summed E-state index contributed by atoms with van der Waals surface area (Å²) in [6, 6.07) is 19.5. The number of hydrogen-bond donors (Lipinski definition) is 0. The third kappa shape index (κ3) is 3.79. The molecule has 0 unspecified atom stereocenters. The van der Waals surface area contributed by atoms with E-state index in [0.29, 0.717) is 18.9 Å². The first-order valence-corrected chi connectivity index (χ1v) is 9.23. The van der Waals surface area contributed by atoms with Gasteiger partial charge in [-0.3, -0.25) is 4.79 Å². The van der Waals surface area contributed by atoms with Gasteiger partial charge in [-0.2, -0.15) is 0 Å². The highest BCUT2D eigenvalue weighted by Gasteiger charge is 2.39. The van der Waals surface area contributed by atoms with Crippen LogP contribution in [0.25, 0.3) is 0 Å². The maximum atomic E-state index is 13.3. The van der Waals surface area contributed by atoms with Gasteiger partial charge in [0.2, 0.25) is 11.8 Å². The van der Waals surface area contributed by atoms with Gasteiger partial charge in [-0.05, 0) is 31.9 Å². The lowest BCUT2D eigenvalue weighted by Crippen LogP contribution is -2.53. The molecule has 1 aliphatic rings. The zero-order valence-corrected chi connectivity index (χ0v) is 15.6. The molecule has 1 aliphatic heterocycles. The van der Waals surface area contributed by atoms with E-state index in [1.165, 1.54) is 0 Å². The van der Waals surface area contributed by atoms with E-state index in [4.69, 9.17) is 4.74 Å². The summed E-state index contributed by atoms with van der Waals surface area (Å²) in [4.78, 5) is 19.8. The molecular formula is C22H26N2O2. The maximum Gasteiger partial charge on any atom is 0.249 e. The fourth-order valence-electron chi connectivity index (χ4n) is 3.49. The van der Waals surface area contributed by atoms with Gasteiger partial charge in [-0.25, -0.2) is 4.99 Å². The summed E-state index contributed by atoms with van der Waals surface area (Å²) in [5, 5.41) is 0. The van der Waals surface area contributed by atoms with Crippen molar-refractivity contribution >= 4 is 11.8 Å². The molecule has 0 fully saturated rings. The van der Waals surface area contributed by atoms with Gasteiger partial charge in [-0.1, -0.05) is 60.7 Å². The van der Waals surface area contributed by atoms with Crippen molar-refractivity contribution in [3.63, 3.8) is 0 Å². The zero-order chi connectivity index (χ0) is 18.5. The van der Waals surface area contributed by atoms with E-state index < -0.39 is 6.04 Å². The Morgan fingerprint density at radius 3 is 2.31 bits per heavy atom. The van der Waals surface area contributed by atoms with Gasteiger partial charge in [0.15, 0.2) is 0 Å². The SMILES string of the molecule is CCOC1=N[C@@H](Cc2ccccc2)C(=O)N([C@@H](C)c2ccccc2)[C@@H]1C. The van der Waals surface area contributed by atoms with E-state index in [0.717, 1.165) is 11.1 Å². The molecule has 0 spiro atoms. The number of nitrogens with zero attached hydrogens (tertiary/aromatic N) is 2. The monoisotopic (exact) mass is 350 g/mol. The van der Waals surface area contributed by atoms with Gasteiger partial charge in [0.05, 0.1) is 12.6 Å². The number of hydrogen-bond acceptors (Lipinski definition) is 3. The van der Waals surface area contributed by atoms with Gasteiger partial charge in [-0.15, -0.1) is 0 Å². The van der Waals surface area contributed by atoms with Crippen molar-refractivity contribution in [2.45, 2.75) is 45.3 Å². The first kappa shape index (κ1) is 18.2. The number of carbonyl (C=O) groups excluding carboxylic acids is 1. The number of aliphatic imine (C=N–C) groups is 1. The van der Waals surface area contributed by atoms with Crippen molar-refractivity contribution < 1.29 is 9.53 Å². The molecule has 0 saturated carbocycles. The van der Waals surface area contributed by atoms with Crippen LogP contribution in [-0.2, 0) is 16.0 Å². The van der Waals surface area contributed by atoms with Crippen LogP contribution in [-0.4, -0.2) is 35.4 Å². The number of benzene rings is 2. The van der Waals surface area contributed by atoms with E-state index in [1.54, 1.807) is 0 Å². The Balaban J connectivity index is 1.91. The fraction of sp³-hybridized carbons (Fsp3) is 0.364. The summed E-state index contributed by atoms with van der Waals surface area (Å²) < 4.78 is 5.78. The second-order valence-corrected chi connectivity index (χ2v) is 6.61. The minimum absolute atomic E-state index is 0.0390. The van der Waals surface area contributed by atoms with Crippen molar-refractivity contribution in [1.29, 1.82) is 0 Å². The highest BCUT2D eigenvalue weighted by molar-refractivity contribution is 5.95. The van der Waals surface area contributed by atoms with Crippen LogP contribution in [0.1, 0.15) is 37.9 Å². The molecule has 26 heavy (non-hydrogen) atoms. The Bertz CT molecular complexity index is 758. The highest BCUT2D eigenvalue weighted by atomic mass is 16.5. The van der Waals surface area contributed by atoms with Crippen molar-refractivity contribution in [2.75, 3.05) is 6.61 Å². The lowest BCUT2D eigenvalue weighted by atomic mass is 9.98. The Morgan fingerprint density at radius 2 is 1.69 bits per heavy atom. The van der Waals surface area contributed by atoms with Crippen molar-refractivity contribution in [1.82, 2.24) is 4.90 Å². The van der Waals surface area contributed by atoms with Crippen LogP contribution < -0.4 is 0 Å². The predicted octanol–water partition coefficient (Wildman–Crippen LogP) is 4.02. The molecule has 0 aromatic heterocycles. The summed E-state index contributed by atoms with van der Waals surface area (Å²) in [5.41, 5.74) is 2.22. The summed E-state index contributed by atoms with van der Waals surface area (Å²) in [5.74, 6) is 0.706. The molecule has 2 aromatic rings. The summed E-state index contributed by atoms with van der Waals surface area (Å²) >= 11 is 0. The molecular weight excluding hydrogens is 324 g/mol. The molecule has 4 heteroatoms. The normalized spacial score (nSPS) is 21.3. The van der Waals surface area contributed by atoms with Gasteiger partial charge >= 0.3 is 0 Å². The topological polar surface area (TPSA) is 41.9 Å². The highest BCUT2D eigenvalue weighted by Crippen LogP contribution is 2.28. The Hall–Kier alpha value is -2.62. The summed E-state index contributed by atoms with van der Waals surface area (Å²) in [7, 11) is 0. The van der Waals surface area contributed by atoms with Gasteiger partial charge in [0.1, 0.15) is 12.1 Å². The van der Waals surface area contributed by atoms with E-state index in [2.05, 4.69) is 24.0 Å². The van der Waals surface area contributed by atoms with E-state index in [1.807, 2.05) is 67.3 Å². The van der Waals surface area contributed by atoms with Crippen LogP contribution in [0.2, 0.25) is 0 Å². The largest absolute Gasteiger partial charge is 0.480 e. The number of carbonyl (C=O) groups is 1. The molecule has 1 heterocycles. The quantitative estimate of drug-likeness (QED) is 0.817. The third-order valence-electron chi connectivity index (χ3n) is 4.86. The lowest BCUT2D eigenvalue weighted by molar-refractivity contribution is -0.137. The first-order valence-electron chi connectivity index (χ1n) is 9.23. The van der Waals surface area contributed by atoms with Gasteiger partial charge in [0.25, 0.3) is 0 Å². The van der Waals surface area contributed by atoms with Crippen molar-refractivity contribution in [3.8, 4) is 0 Å². The van der Waals surface area contributed by atoms with Crippen LogP contribution in [0.3, 0.4) is 0 Å². The van der Waals surface area contributed by atoms with Crippen molar-refractivity contribution in [2.24, 2.45) is 4.99 Å². The number of amides is 1. The molecule has 3 rings (SSSR count). The molecule has 3 atom stereocenters. The van der Waals surface area contributed by atoms with E-state index >= 15 is 0 Å². The van der Waals surface area contributed by atoms with Gasteiger partial charge in [0, 0.05) is 6.42 Å². The first-order chi connectivity index (χ1) is 12.6. The Labute approximate surface area is 155 Å². The van der Waals surface area contributed by atoms with Gasteiger partial charge < -0.3 is 9.64 Å². The second-order valence-electron chi connectivity index (χ2n) is 6.61. The average molecular weight is 350 g/mol. The molecule has 0 saturated heterocycles. The molecule has 0 N–H and O–H groups in total. The van der Waals surface area contributed by atoms with E-state index in [9.17, 15) is 4.79 Å². The van der Waals surface area contributed by atoms with Crippen LogP contribution in [0.4, 0.5) is 0 Å². The molecule has 4 nitrogen and oxygen atoms in total. The lowest BCUT2D eigenvalue weighted by Gasteiger charge is -2.40. The molecule has 1 amide bonds. The van der Waals surface area contributed by atoms with Crippen LogP contribution >= 0.6 is 0 Å². The molecule has 0 bridgehead atoms. The predicted molar refractivity (Wildman–Crippen MR) is 104 cm³/mol. The fourth-order valence-corrected chi connectivity index (χ4v) is 3.49. The maximum absolute atomic E-state index is 13.3. The zero-order valence-electron chi connectivity index (χ0n) is 15.6. The van der Waals surface area contributed by atoms with Crippen molar-refractivity contribution in [3.05, 3.63) is 71.8 Å². The Morgan fingerprint density at radius 1 is 1.08 bits per heavy atom. The Kier molecular flexibility index (Phi) is 5.71. The standard InChI is InChI=1S/C22H26N2O2/c1-4-26-21-17(3)24(16(2)19-13-9-6-10-14-19)22(25)20(23-21)15-18-11-7-5-8-12-18/h5-14,16-17,20H,4,15H2,1-3H3/t16-,17+,20-/m0/s1. The molecule has 0 aliphatic carbocycles.